The molecule has 1 aliphatic heterocycles. The standard InChI is InChI=1S/C22H28N4O3/c1-15(2)21(27)25-17-7-5-16(6-8-17)14-24-22(23-3)26-18-9-10-19-20(13-18)29-12-4-11-28-19/h5-10,13,15H,4,11-12,14H2,1-3H3,(H,25,27)(H2,23,24,26). The van der Waals surface area contributed by atoms with Crippen LogP contribution in [0.15, 0.2) is 47.5 Å². The minimum atomic E-state index is -0.0457. The van der Waals surface area contributed by atoms with Gasteiger partial charge in [0.15, 0.2) is 17.5 Å². The summed E-state index contributed by atoms with van der Waals surface area (Å²) in [6.07, 6.45) is 0.876. The van der Waals surface area contributed by atoms with Crippen LogP contribution in [-0.2, 0) is 11.3 Å². The van der Waals surface area contributed by atoms with Crippen molar-refractivity contribution >= 4 is 23.2 Å². The van der Waals surface area contributed by atoms with Crippen molar-refractivity contribution in [3.63, 3.8) is 0 Å². The number of ether oxygens (including phenoxy) is 2. The lowest BCUT2D eigenvalue weighted by Crippen LogP contribution is -2.30. The Balaban J connectivity index is 1.55. The maximum Gasteiger partial charge on any atom is 0.226 e. The van der Waals surface area contributed by atoms with Crippen molar-refractivity contribution in [2.75, 3.05) is 30.9 Å². The van der Waals surface area contributed by atoms with E-state index in [1.165, 1.54) is 0 Å². The Morgan fingerprint density at radius 3 is 2.38 bits per heavy atom. The number of nitrogens with one attached hydrogen (secondary N) is 3. The zero-order chi connectivity index (χ0) is 20.6. The maximum atomic E-state index is 11.8. The van der Waals surface area contributed by atoms with Gasteiger partial charge >= 0.3 is 0 Å². The Morgan fingerprint density at radius 2 is 1.69 bits per heavy atom. The van der Waals surface area contributed by atoms with Gasteiger partial charge in [0, 0.05) is 43.4 Å². The molecule has 0 aromatic heterocycles. The third kappa shape index (κ3) is 5.88. The fourth-order valence-electron chi connectivity index (χ4n) is 2.74. The summed E-state index contributed by atoms with van der Waals surface area (Å²) in [6.45, 7) is 5.66. The Bertz CT molecular complexity index is 863. The fraction of sp³-hybridized carbons (Fsp3) is 0.364. The Kier molecular flexibility index (Phi) is 6.94. The molecule has 7 nitrogen and oxygen atoms in total. The van der Waals surface area contributed by atoms with E-state index in [4.69, 9.17) is 9.47 Å². The van der Waals surface area contributed by atoms with Crippen molar-refractivity contribution in [3.8, 4) is 11.5 Å². The normalized spacial score (nSPS) is 13.6. The van der Waals surface area contributed by atoms with Gasteiger partial charge in [-0.15, -0.1) is 0 Å². The van der Waals surface area contributed by atoms with Crippen molar-refractivity contribution in [3.05, 3.63) is 48.0 Å². The highest BCUT2D eigenvalue weighted by Crippen LogP contribution is 2.32. The van der Waals surface area contributed by atoms with Crippen LogP contribution in [0.5, 0.6) is 11.5 Å². The molecule has 0 unspecified atom stereocenters. The molecule has 1 heterocycles. The molecule has 0 bridgehead atoms. The highest BCUT2D eigenvalue weighted by atomic mass is 16.5. The summed E-state index contributed by atoms with van der Waals surface area (Å²) in [5.74, 6) is 2.12. The summed E-state index contributed by atoms with van der Waals surface area (Å²) in [5, 5.41) is 9.44. The maximum absolute atomic E-state index is 11.8. The van der Waals surface area contributed by atoms with Crippen LogP contribution in [0.3, 0.4) is 0 Å². The minimum absolute atomic E-state index is 0.00982. The summed E-state index contributed by atoms with van der Waals surface area (Å²) in [6, 6.07) is 13.5. The minimum Gasteiger partial charge on any atom is -0.490 e. The number of amides is 1. The second-order valence-corrected chi connectivity index (χ2v) is 7.10. The Hall–Kier alpha value is -3.22. The molecule has 7 heteroatoms. The molecule has 0 spiro atoms. The first-order valence-corrected chi connectivity index (χ1v) is 9.82. The number of rotatable bonds is 5. The molecule has 0 saturated carbocycles. The molecular weight excluding hydrogens is 368 g/mol. The number of anilines is 2. The lowest BCUT2D eigenvalue weighted by molar-refractivity contribution is -0.118. The van der Waals surface area contributed by atoms with Crippen molar-refractivity contribution in [1.82, 2.24) is 5.32 Å². The van der Waals surface area contributed by atoms with Crippen molar-refractivity contribution < 1.29 is 14.3 Å². The van der Waals surface area contributed by atoms with E-state index in [9.17, 15) is 4.79 Å². The third-order valence-corrected chi connectivity index (χ3v) is 4.44. The predicted octanol–water partition coefficient (Wildman–Crippen LogP) is 3.63. The number of carbonyl (C=O) groups excluding carboxylic acids is 1. The number of benzene rings is 2. The first-order valence-electron chi connectivity index (χ1n) is 9.82. The van der Waals surface area contributed by atoms with Gasteiger partial charge in [0.2, 0.25) is 5.91 Å². The average Bonchev–Trinajstić information content (AvgIpc) is 2.97. The van der Waals surface area contributed by atoms with Crippen LogP contribution in [0.1, 0.15) is 25.8 Å². The highest BCUT2D eigenvalue weighted by Gasteiger charge is 2.11. The number of hydrogen-bond donors (Lipinski definition) is 3. The quantitative estimate of drug-likeness (QED) is 0.531. The van der Waals surface area contributed by atoms with E-state index in [1.807, 2.05) is 56.3 Å². The van der Waals surface area contributed by atoms with Crippen LogP contribution in [0.25, 0.3) is 0 Å². The largest absolute Gasteiger partial charge is 0.490 e. The fourth-order valence-corrected chi connectivity index (χ4v) is 2.74. The van der Waals surface area contributed by atoms with Crippen LogP contribution in [0.4, 0.5) is 11.4 Å². The molecule has 2 aromatic carbocycles. The van der Waals surface area contributed by atoms with E-state index in [0.717, 1.165) is 34.9 Å². The molecule has 0 atom stereocenters. The number of aliphatic imine (C=N–C) groups is 1. The van der Waals surface area contributed by atoms with Crippen LogP contribution < -0.4 is 25.4 Å². The van der Waals surface area contributed by atoms with E-state index < -0.39 is 0 Å². The Labute approximate surface area is 171 Å². The van der Waals surface area contributed by atoms with Crippen LogP contribution >= 0.6 is 0 Å². The lowest BCUT2D eigenvalue weighted by atomic mass is 10.1. The van der Waals surface area contributed by atoms with E-state index in [0.29, 0.717) is 25.7 Å². The van der Waals surface area contributed by atoms with Crippen molar-refractivity contribution in [2.24, 2.45) is 10.9 Å². The van der Waals surface area contributed by atoms with Gasteiger partial charge in [-0.25, -0.2) is 0 Å². The number of guanidine groups is 1. The zero-order valence-corrected chi connectivity index (χ0v) is 17.1. The van der Waals surface area contributed by atoms with Gasteiger partial charge in [-0.3, -0.25) is 9.79 Å². The molecule has 154 valence electrons. The topological polar surface area (TPSA) is 84.0 Å². The molecule has 0 aliphatic carbocycles. The average molecular weight is 396 g/mol. The van der Waals surface area contributed by atoms with Crippen LogP contribution in [0, 0.1) is 5.92 Å². The smallest absolute Gasteiger partial charge is 0.226 e. The van der Waals surface area contributed by atoms with Gasteiger partial charge in [0.05, 0.1) is 13.2 Å². The second-order valence-electron chi connectivity index (χ2n) is 7.10. The molecule has 29 heavy (non-hydrogen) atoms. The SMILES string of the molecule is CN=C(NCc1ccc(NC(=O)C(C)C)cc1)Nc1ccc2c(c1)OCCCO2. The summed E-state index contributed by atoms with van der Waals surface area (Å²) in [4.78, 5) is 16.0. The lowest BCUT2D eigenvalue weighted by Gasteiger charge is -2.14. The Morgan fingerprint density at radius 1 is 1.00 bits per heavy atom. The summed E-state index contributed by atoms with van der Waals surface area (Å²) < 4.78 is 11.4. The van der Waals surface area contributed by atoms with Crippen LogP contribution in [0.2, 0.25) is 0 Å². The molecule has 2 aromatic rings. The predicted molar refractivity (Wildman–Crippen MR) is 116 cm³/mol. The van der Waals surface area contributed by atoms with Gasteiger partial charge in [0.1, 0.15) is 0 Å². The van der Waals surface area contributed by atoms with Gasteiger partial charge in [-0.1, -0.05) is 26.0 Å². The van der Waals surface area contributed by atoms with E-state index >= 15 is 0 Å². The first-order chi connectivity index (χ1) is 14.0. The number of fused-ring (bicyclic) bond motifs is 1. The highest BCUT2D eigenvalue weighted by molar-refractivity contribution is 5.94. The monoisotopic (exact) mass is 396 g/mol. The molecule has 3 N–H and O–H groups in total. The number of carbonyl (C=O) groups is 1. The first kappa shape index (κ1) is 20.5. The third-order valence-electron chi connectivity index (χ3n) is 4.44. The zero-order valence-electron chi connectivity index (χ0n) is 17.1. The summed E-state index contributed by atoms with van der Waals surface area (Å²) >= 11 is 0. The van der Waals surface area contributed by atoms with Gasteiger partial charge in [-0.2, -0.15) is 0 Å². The summed E-state index contributed by atoms with van der Waals surface area (Å²) in [7, 11) is 1.73. The molecular formula is C22H28N4O3. The van der Waals surface area contributed by atoms with E-state index in [1.54, 1.807) is 7.05 Å². The molecule has 1 amide bonds. The molecule has 0 radical (unpaired) electrons. The molecule has 0 saturated heterocycles. The number of nitrogens with zero attached hydrogens (tertiary/aromatic N) is 1. The molecule has 1 aliphatic rings. The van der Waals surface area contributed by atoms with Crippen molar-refractivity contribution in [1.29, 1.82) is 0 Å². The van der Waals surface area contributed by atoms with Gasteiger partial charge in [-0.05, 0) is 29.8 Å². The van der Waals surface area contributed by atoms with Crippen LogP contribution in [-0.4, -0.2) is 32.1 Å². The molecule has 0 fully saturated rings. The van der Waals surface area contributed by atoms with E-state index in [2.05, 4.69) is 20.9 Å². The second kappa shape index (κ2) is 9.82. The number of hydrogen-bond acceptors (Lipinski definition) is 4. The van der Waals surface area contributed by atoms with E-state index in [-0.39, 0.29) is 11.8 Å². The summed E-state index contributed by atoms with van der Waals surface area (Å²) in [5.41, 5.74) is 2.74. The van der Waals surface area contributed by atoms with Crippen molar-refractivity contribution in [2.45, 2.75) is 26.8 Å². The molecule has 3 rings (SSSR count). The van der Waals surface area contributed by atoms with Gasteiger partial charge in [0.25, 0.3) is 0 Å². The van der Waals surface area contributed by atoms with Gasteiger partial charge < -0.3 is 25.4 Å².